The molecule has 3 heterocycles. The summed E-state index contributed by atoms with van der Waals surface area (Å²) in [5.74, 6) is 0.00957. The molecule has 7 heteroatoms. The van der Waals surface area contributed by atoms with Gasteiger partial charge in [0.25, 0.3) is 0 Å². The van der Waals surface area contributed by atoms with Crippen molar-refractivity contribution in [1.29, 1.82) is 5.26 Å². The molecule has 2 aliphatic rings. The molecule has 1 saturated heterocycles. The van der Waals surface area contributed by atoms with Gasteiger partial charge in [0.05, 0.1) is 22.4 Å². The highest BCUT2D eigenvalue weighted by Gasteiger charge is 2.32. The number of nitrogens with zero attached hydrogens (tertiary/aromatic N) is 2. The summed E-state index contributed by atoms with van der Waals surface area (Å²) in [5, 5.41) is 14.9. The van der Waals surface area contributed by atoms with E-state index in [0.717, 1.165) is 24.1 Å². The number of piperidine rings is 1. The van der Waals surface area contributed by atoms with Crippen LogP contribution in [-0.4, -0.2) is 34.6 Å². The Morgan fingerprint density at radius 3 is 2.77 bits per heavy atom. The fourth-order valence-corrected chi connectivity index (χ4v) is 5.57. The molecule has 5 nitrogen and oxygen atoms in total. The number of rotatable bonds is 4. The maximum atomic E-state index is 12.7. The van der Waals surface area contributed by atoms with Crippen LogP contribution in [0.3, 0.4) is 0 Å². The van der Waals surface area contributed by atoms with E-state index >= 15 is 0 Å². The number of thiophene rings is 1. The van der Waals surface area contributed by atoms with Gasteiger partial charge in [0.15, 0.2) is 0 Å². The quantitative estimate of drug-likeness (QED) is 0.854. The topological polar surface area (TPSA) is 73.2 Å². The lowest BCUT2D eigenvalue weighted by Crippen LogP contribution is -2.48. The number of nitrogens with one attached hydrogen (secondary N) is 1. The lowest BCUT2D eigenvalue weighted by Gasteiger charge is -2.39. The molecule has 26 heavy (non-hydrogen) atoms. The molecule has 3 rings (SSSR count). The van der Waals surface area contributed by atoms with Gasteiger partial charge in [-0.1, -0.05) is 17.8 Å². The van der Waals surface area contributed by atoms with E-state index in [1.165, 1.54) is 11.8 Å². The van der Waals surface area contributed by atoms with Crippen LogP contribution in [0.4, 0.5) is 0 Å². The fraction of sp³-hybridized carbons (Fsp3) is 0.526. The minimum Gasteiger partial charge on any atom is -0.337 e. The van der Waals surface area contributed by atoms with Crippen LogP contribution in [0.2, 0.25) is 0 Å². The van der Waals surface area contributed by atoms with E-state index in [9.17, 15) is 14.9 Å². The lowest BCUT2D eigenvalue weighted by molar-refractivity contribution is -0.134. The van der Waals surface area contributed by atoms with Crippen molar-refractivity contribution in [2.45, 2.75) is 57.5 Å². The summed E-state index contributed by atoms with van der Waals surface area (Å²) in [7, 11) is 0. The van der Waals surface area contributed by atoms with Crippen molar-refractivity contribution in [3.63, 3.8) is 0 Å². The van der Waals surface area contributed by atoms with Crippen LogP contribution < -0.4 is 5.32 Å². The standard InChI is InChI=1S/C19H23N3O2S2/c1-12-5-3-6-13(2)22(12)18(24)11-26-19-15(10-20)14(9-17(23)21-19)16-7-4-8-25-16/h4,7-8,12-14H,3,5-6,9,11H2,1-2H3,(H,21,23)/t12-,13+,14-/m1/s1. The van der Waals surface area contributed by atoms with Gasteiger partial charge in [-0.2, -0.15) is 5.26 Å². The first-order valence-corrected chi connectivity index (χ1v) is 10.8. The zero-order valence-corrected chi connectivity index (χ0v) is 16.7. The van der Waals surface area contributed by atoms with E-state index < -0.39 is 0 Å². The zero-order valence-electron chi connectivity index (χ0n) is 15.0. The largest absolute Gasteiger partial charge is 0.337 e. The number of thioether (sulfide) groups is 1. The van der Waals surface area contributed by atoms with Crippen LogP contribution in [0.1, 0.15) is 50.3 Å². The summed E-state index contributed by atoms with van der Waals surface area (Å²) < 4.78 is 0. The average Bonchev–Trinajstić information content (AvgIpc) is 3.13. The molecule has 138 valence electrons. The van der Waals surface area contributed by atoms with Crippen LogP contribution in [0.25, 0.3) is 0 Å². The summed E-state index contributed by atoms with van der Waals surface area (Å²) in [5.41, 5.74) is 0.560. The number of allylic oxidation sites excluding steroid dienone is 1. The Morgan fingerprint density at radius 1 is 1.42 bits per heavy atom. The summed E-state index contributed by atoms with van der Waals surface area (Å²) in [6.45, 7) is 4.18. The normalized spacial score (nSPS) is 26.4. The van der Waals surface area contributed by atoms with Crippen LogP contribution in [0.15, 0.2) is 28.1 Å². The summed E-state index contributed by atoms with van der Waals surface area (Å²) in [4.78, 5) is 27.8. The molecule has 0 radical (unpaired) electrons. The maximum absolute atomic E-state index is 12.7. The SMILES string of the molecule is C[C@@H]1CCC[C@H](C)N1C(=O)CSC1=C(C#N)[C@H](c2cccs2)CC(=O)N1. The number of carbonyl (C=O) groups is 2. The minimum atomic E-state index is -0.209. The van der Waals surface area contributed by atoms with Gasteiger partial charge >= 0.3 is 0 Å². The van der Waals surface area contributed by atoms with E-state index in [1.54, 1.807) is 11.3 Å². The smallest absolute Gasteiger partial charge is 0.233 e. The van der Waals surface area contributed by atoms with E-state index in [2.05, 4.69) is 25.2 Å². The minimum absolute atomic E-state index is 0.0759. The molecule has 0 aromatic carbocycles. The number of likely N-dealkylation sites (tertiary alicyclic amines) is 1. The Labute approximate surface area is 162 Å². The summed E-state index contributed by atoms with van der Waals surface area (Å²) >= 11 is 2.83. The molecule has 0 bridgehead atoms. The maximum Gasteiger partial charge on any atom is 0.233 e. The lowest BCUT2D eigenvalue weighted by atomic mass is 9.93. The molecule has 1 N–H and O–H groups in total. The molecule has 1 aromatic rings. The first-order valence-electron chi connectivity index (χ1n) is 8.92. The Kier molecular flexibility index (Phi) is 6.05. The number of carbonyl (C=O) groups excluding carboxylic acids is 2. The summed E-state index contributed by atoms with van der Waals surface area (Å²) in [6, 6.07) is 6.63. The van der Waals surface area contributed by atoms with Gasteiger partial charge in [-0.05, 0) is 44.6 Å². The van der Waals surface area contributed by atoms with Crippen molar-refractivity contribution in [2.75, 3.05) is 5.75 Å². The van der Waals surface area contributed by atoms with E-state index in [4.69, 9.17) is 0 Å². The second-order valence-corrected chi connectivity index (χ2v) is 8.86. The Bertz CT molecular complexity index is 741. The van der Waals surface area contributed by atoms with Crippen LogP contribution in [0.5, 0.6) is 0 Å². The molecule has 0 aliphatic carbocycles. The van der Waals surface area contributed by atoms with Crippen LogP contribution in [-0.2, 0) is 9.59 Å². The van der Waals surface area contributed by atoms with Gasteiger partial charge in [-0.3, -0.25) is 9.59 Å². The van der Waals surface area contributed by atoms with Gasteiger partial charge in [-0.25, -0.2) is 0 Å². The van der Waals surface area contributed by atoms with Crippen molar-refractivity contribution in [3.8, 4) is 6.07 Å². The highest BCUT2D eigenvalue weighted by atomic mass is 32.2. The molecule has 2 aliphatic heterocycles. The molecule has 1 fully saturated rings. The third-order valence-electron chi connectivity index (χ3n) is 5.06. The zero-order chi connectivity index (χ0) is 18.7. The van der Waals surface area contributed by atoms with Crippen LogP contribution in [0, 0.1) is 11.3 Å². The van der Waals surface area contributed by atoms with Crippen molar-refractivity contribution in [2.24, 2.45) is 0 Å². The van der Waals surface area contributed by atoms with Gasteiger partial charge in [0.1, 0.15) is 0 Å². The van der Waals surface area contributed by atoms with Gasteiger partial charge in [0, 0.05) is 29.3 Å². The number of hydrogen-bond acceptors (Lipinski definition) is 5. The third kappa shape index (κ3) is 3.97. The van der Waals surface area contributed by atoms with Crippen molar-refractivity contribution in [1.82, 2.24) is 10.2 Å². The number of nitriles is 1. The highest BCUT2D eigenvalue weighted by molar-refractivity contribution is 8.03. The molecule has 0 saturated carbocycles. The van der Waals surface area contributed by atoms with Crippen molar-refractivity contribution < 1.29 is 9.59 Å². The van der Waals surface area contributed by atoms with Gasteiger partial charge in [0.2, 0.25) is 11.8 Å². The first kappa shape index (κ1) is 19.0. The monoisotopic (exact) mass is 389 g/mol. The second kappa shape index (κ2) is 8.28. The fourth-order valence-electron chi connectivity index (χ4n) is 3.79. The van der Waals surface area contributed by atoms with Crippen molar-refractivity contribution >= 4 is 34.9 Å². The predicted octanol–water partition coefficient (Wildman–Crippen LogP) is 3.61. The van der Waals surface area contributed by atoms with E-state index in [0.29, 0.717) is 10.6 Å². The molecule has 1 aromatic heterocycles. The third-order valence-corrected chi connectivity index (χ3v) is 7.05. The van der Waals surface area contributed by atoms with Crippen molar-refractivity contribution in [3.05, 3.63) is 33.0 Å². The molecular weight excluding hydrogens is 366 g/mol. The summed E-state index contributed by atoms with van der Waals surface area (Å²) in [6.07, 6.45) is 3.50. The second-order valence-electron chi connectivity index (χ2n) is 6.89. The molecule has 2 amide bonds. The predicted molar refractivity (Wildman–Crippen MR) is 105 cm³/mol. The molecule has 3 atom stereocenters. The van der Waals surface area contributed by atoms with E-state index in [-0.39, 0.29) is 42.0 Å². The number of amides is 2. The Hall–Kier alpha value is -1.78. The average molecular weight is 390 g/mol. The van der Waals surface area contributed by atoms with Crippen LogP contribution >= 0.6 is 23.1 Å². The Morgan fingerprint density at radius 2 is 2.15 bits per heavy atom. The van der Waals surface area contributed by atoms with Gasteiger partial charge < -0.3 is 10.2 Å². The molecule has 0 spiro atoms. The Balaban J connectivity index is 1.75. The number of hydrogen-bond donors (Lipinski definition) is 1. The first-order chi connectivity index (χ1) is 12.5. The van der Waals surface area contributed by atoms with E-state index in [1.807, 2.05) is 22.4 Å². The highest BCUT2D eigenvalue weighted by Crippen LogP contribution is 2.38. The van der Waals surface area contributed by atoms with Gasteiger partial charge in [-0.15, -0.1) is 11.3 Å². The molecule has 0 unspecified atom stereocenters. The molecular formula is C19H23N3O2S2.